The Labute approximate surface area is 255 Å². The second-order valence-electron chi connectivity index (χ2n) is 12.3. The number of aromatic nitrogens is 6. The number of anilines is 1. The highest BCUT2D eigenvalue weighted by Gasteiger charge is 2.42. The van der Waals surface area contributed by atoms with Crippen LogP contribution in [0.4, 0.5) is 5.82 Å². The average molecular weight is 615 g/mol. The minimum atomic E-state index is -1.15. The molecule has 0 spiro atoms. The van der Waals surface area contributed by atoms with Gasteiger partial charge in [0.15, 0.2) is 23.3 Å². The Kier molecular flexibility index (Phi) is 9.38. The summed E-state index contributed by atoms with van der Waals surface area (Å²) in [5.74, 6) is -0.318. The van der Waals surface area contributed by atoms with Crippen molar-refractivity contribution >= 4 is 40.8 Å². The van der Waals surface area contributed by atoms with Crippen molar-refractivity contribution in [2.24, 2.45) is 11.3 Å². The van der Waals surface area contributed by atoms with Crippen molar-refractivity contribution < 1.29 is 19.1 Å². The topological polar surface area (TPSA) is 160 Å². The molecule has 1 saturated heterocycles. The minimum absolute atomic E-state index is 0.0310. The molecule has 14 nitrogen and oxygen atoms in total. The van der Waals surface area contributed by atoms with E-state index in [2.05, 4.69) is 41.1 Å². The zero-order valence-electron chi connectivity index (χ0n) is 25.6. The lowest BCUT2D eigenvalue weighted by atomic mass is 9.88. The van der Waals surface area contributed by atoms with Crippen LogP contribution in [0.25, 0.3) is 5.65 Å². The molecule has 3 amide bonds. The SMILES string of the molecule is CNC(=O)C(C)(C)CN(C(=O)C1CCN(c2ccc3nnnn3n2)CC1)C(C(=O)NC(C)(C)C)c1cc(Cl)c(OC)cn1. The molecule has 2 N–H and O–H groups in total. The zero-order valence-corrected chi connectivity index (χ0v) is 26.3. The number of fused-ring (bicyclic) bond motifs is 1. The van der Waals surface area contributed by atoms with Crippen molar-refractivity contribution in [3.63, 3.8) is 0 Å². The molecule has 1 unspecified atom stereocenters. The molecule has 4 heterocycles. The Morgan fingerprint density at radius 2 is 1.86 bits per heavy atom. The highest BCUT2D eigenvalue weighted by Crippen LogP contribution is 2.34. The van der Waals surface area contributed by atoms with Crippen molar-refractivity contribution in [3.05, 3.63) is 35.1 Å². The van der Waals surface area contributed by atoms with Gasteiger partial charge in [0.1, 0.15) is 0 Å². The van der Waals surface area contributed by atoms with Crippen LogP contribution in [0.5, 0.6) is 5.75 Å². The molecule has 3 aromatic rings. The number of piperidine rings is 1. The van der Waals surface area contributed by atoms with Gasteiger partial charge in [0.25, 0.3) is 0 Å². The van der Waals surface area contributed by atoms with Crippen LogP contribution in [-0.2, 0) is 14.4 Å². The maximum Gasteiger partial charge on any atom is 0.249 e. The summed E-state index contributed by atoms with van der Waals surface area (Å²) in [4.78, 5) is 49.3. The Morgan fingerprint density at radius 3 is 2.47 bits per heavy atom. The first-order valence-electron chi connectivity index (χ1n) is 14.1. The highest BCUT2D eigenvalue weighted by molar-refractivity contribution is 6.32. The molecular formula is C28H39ClN10O4. The van der Waals surface area contributed by atoms with Crippen LogP contribution in [0.15, 0.2) is 24.4 Å². The summed E-state index contributed by atoms with van der Waals surface area (Å²) in [5.41, 5.74) is -0.817. The maximum absolute atomic E-state index is 14.4. The van der Waals surface area contributed by atoms with E-state index >= 15 is 0 Å². The number of nitrogens with one attached hydrogen (secondary N) is 2. The van der Waals surface area contributed by atoms with Gasteiger partial charge in [0.2, 0.25) is 17.7 Å². The molecule has 0 aromatic carbocycles. The van der Waals surface area contributed by atoms with Crippen molar-refractivity contribution in [2.75, 3.05) is 38.7 Å². The van der Waals surface area contributed by atoms with Gasteiger partial charge < -0.3 is 25.2 Å². The van der Waals surface area contributed by atoms with Gasteiger partial charge in [-0.05, 0) is 76.1 Å². The molecule has 43 heavy (non-hydrogen) atoms. The molecule has 1 aliphatic heterocycles. The number of methoxy groups -OCH3 is 1. The molecule has 4 rings (SSSR count). The second-order valence-corrected chi connectivity index (χ2v) is 12.7. The van der Waals surface area contributed by atoms with E-state index in [1.54, 1.807) is 27.0 Å². The van der Waals surface area contributed by atoms with Crippen LogP contribution in [0.3, 0.4) is 0 Å². The fraction of sp³-hybridized carbons (Fsp3) is 0.571. The van der Waals surface area contributed by atoms with Crippen LogP contribution in [0, 0.1) is 11.3 Å². The van der Waals surface area contributed by atoms with E-state index < -0.39 is 28.8 Å². The number of pyridine rings is 1. The Hall–Kier alpha value is -4.07. The predicted octanol–water partition coefficient (Wildman–Crippen LogP) is 2.05. The minimum Gasteiger partial charge on any atom is -0.494 e. The van der Waals surface area contributed by atoms with E-state index in [-0.39, 0.29) is 29.1 Å². The van der Waals surface area contributed by atoms with Gasteiger partial charge in [-0.25, -0.2) is 0 Å². The van der Waals surface area contributed by atoms with Crippen molar-refractivity contribution in [1.29, 1.82) is 0 Å². The number of hydrogen-bond acceptors (Lipinski definition) is 10. The number of carbonyl (C=O) groups excluding carboxylic acids is 3. The summed E-state index contributed by atoms with van der Waals surface area (Å²) in [6, 6.07) is 4.01. The summed E-state index contributed by atoms with van der Waals surface area (Å²) in [6.07, 6.45) is 2.44. The Bertz CT molecular complexity index is 1480. The van der Waals surface area contributed by atoms with Gasteiger partial charge in [-0.2, -0.15) is 0 Å². The molecule has 0 bridgehead atoms. The van der Waals surface area contributed by atoms with Gasteiger partial charge in [-0.3, -0.25) is 19.4 Å². The number of rotatable bonds is 9. The summed E-state index contributed by atoms with van der Waals surface area (Å²) in [6.45, 7) is 10.1. The summed E-state index contributed by atoms with van der Waals surface area (Å²) >= 11 is 6.46. The van der Waals surface area contributed by atoms with E-state index in [0.29, 0.717) is 43.1 Å². The van der Waals surface area contributed by atoms with E-state index in [1.807, 2.05) is 26.8 Å². The van der Waals surface area contributed by atoms with Crippen LogP contribution >= 0.6 is 11.6 Å². The lowest BCUT2D eigenvalue weighted by molar-refractivity contribution is -0.148. The van der Waals surface area contributed by atoms with E-state index in [0.717, 1.165) is 0 Å². The van der Waals surface area contributed by atoms with Crippen LogP contribution in [-0.4, -0.2) is 92.2 Å². The number of hydrogen-bond donors (Lipinski definition) is 2. The predicted molar refractivity (Wildman–Crippen MR) is 160 cm³/mol. The quantitative estimate of drug-likeness (QED) is 0.365. The van der Waals surface area contributed by atoms with Crippen LogP contribution in [0.2, 0.25) is 5.02 Å². The number of nitrogens with zero attached hydrogens (tertiary/aromatic N) is 8. The third-order valence-corrected chi connectivity index (χ3v) is 7.61. The number of ether oxygens (including phenoxy) is 1. The molecule has 15 heteroatoms. The third-order valence-electron chi connectivity index (χ3n) is 7.31. The molecule has 1 fully saturated rings. The number of amides is 3. The molecule has 232 valence electrons. The molecular weight excluding hydrogens is 576 g/mol. The fourth-order valence-corrected chi connectivity index (χ4v) is 5.38. The largest absolute Gasteiger partial charge is 0.494 e. The van der Waals surface area contributed by atoms with Crippen LogP contribution < -0.4 is 20.3 Å². The average Bonchev–Trinajstić information content (AvgIpc) is 3.43. The first-order chi connectivity index (χ1) is 20.2. The number of carbonyl (C=O) groups is 3. The third kappa shape index (κ3) is 7.29. The van der Waals surface area contributed by atoms with Gasteiger partial charge in [-0.15, -0.1) is 14.8 Å². The van der Waals surface area contributed by atoms with Crippen LogP contribution in [0.1, 0.15) is 59.2 Å². The summed E-state index contributed by atoms with van der Waals surface area (Å²) < 4.78 is 6.63. The normalized spacial score (nSPS) is 15.2. The van der Waals surface area contributed by atoms with Gasteiger partial charge in [0, 0.05) is 38.1 Å². The van der Waals surface area contributed by atoms with Crippen molar-refractivity contribution in [3.8, 4) is 5.75 Å². The van der Waals surface area contributed by atoms with Crippen molar-refractivity contribution in [2.45, 2.75) is 59.0 Å². The lowest BCUT2D eigenvalue weighted by Crippen LogP contribution is -2.55. The molecule has 1 aliphatic rings. The fourth-order valence-electron chi connectivity index (χ4n) is 5.14. The molecule has 0 radical (unpaired) electrons. The zero-order chi connectivity index (χ0) is 31.5. The number of tetrazole rings is 1. The monoisotopic (exact) mass is 614 g/mol. The standard InChI is InChI=1S/C28H39ClN10O4/c1-27(2,3)32-24(40)23(19-14-18(29)20(43-7)15-31-19)38(16-28(4,5)26(42)30-6)25(41)17-10-12-37(13-11-17)22-9-8-21-33-35-36-39(21)34-22/h8-9,14-15,17,23H,10-13,16H2,1-7H3,(H,30,42)(H,32,40). The number of halogens is 1. The van der Waals surface area contributed by atoms with Gasteiger partial charge >= 0.3 is 0 Å². The second kappa shape index (κ2) is 12.7. The maximum atomic E-state index is 14.4. The molecule has 3 aromatic heterocycles. The lowest BCUT2D eigenvalue weighted by Gasteiger charge is -2.40. The smallest absolute Gasteiger partial charge is 0.249 e. The van der Waals surface area contributed by atoms with E-state index in [9.17, 15) is 14.4 Å². The van der Waals surface area contributed by atoms with E-state index in [4.69, 9.17) is 16.3 Å². The van der Waals surface area contributed by atoms with E-state index in [1.165, 1.54) is 28.9 Å². The summed E-state index contributed by atoms with van der Waals surface area (Å²) in [5, 5.41) is 21.8. The molecule has 1 atom stereocenters. The first-order valence-corrected chi connectivity index (χ1v) is 14.5. The highest BCUT2D eigenvalue weighted by atomic mass is 35.5. The molecule has 0 aliphatic carbocycles. The Balaban J connectivity index is 1.68. The first kappa shape index (κ1) is 31.9. The molecule has 0 saturated carbocycles. The Morgan fingerprint density at radius 1 is 1.16 bits per heavy atom. The summed E-state index contributed by atoms with van der Waals surface area (Å²) in [7, 11) is 3.01. The van der Waals surface area contributed by atoms with Gasteiger partial charge in [0.05, 0.1) is 29.4 Å². The van der Waals surface area contributed by atoms with Crippen molar-refractivity contribution in [1.82, 2.24) is 45.8 Å². The van der Waals surface area contributed by atoms with Gasteiger partial charge in [-0.1, -0.05) is 11.6 Å².